The van der Waals surface area contributed by atoms with Crippen molar-refractivity contribution in [2.24, 2.45) is 0 Å². The van der Waals surface area contributed by atoms with E-state index in [4.69, 9.17) is 0 Å². The highest BCUT2D eigenvalue weighted by Crippen LogP contribution is 2.26. The molecule has 2 aromatic rings. The van der Waals surface area contributed by atoms with Crippen molar-refractivity contribution >= 4 is 29.4 Å². The van der Waals surface area contributed by atoms with Crippen molar-refractivity contribution in [2.75, 3.05) is 38.3 Å². The number of amides is 3. The van der Waals surface area contributed by atoms with Crippen molar-refractivity contribution in [2.45, 2.75) is 18.4 Å². The average molecular weight is 401 g/mol. The van der Waals surface area contributed by atoms with E-state index in [-0.39, 0.29) is 11.9 Å². The minimum absolute atomic E-state index is 0.112. The van der Waals surface area contributed by atoms with Gasteiger partial charge in [0.1, 0.15) is 0 Å². The molecule has 0 atom stereocenters. The predicted molar refractivity (Wildman–Crippen MR) is 116 cm³/mol. The maximum atomic E-state index is 12.3. The van der Waals surface area contributed by atoms with Crippen LogP contribution >= 0.6 is 11.8 Å². The first-order chi connectivity index (χ1) is 13.5. The lowest BCUT2D eigenvalue weighted by atomic mass is 10.1. The van der Waals surface area contributed by atoms with Crippen molar-refractivity contribution in [1.29, 1.82) is 0 Å². The Hall–Kier alpha value is -2.51. The Morgan fingerprint density at radius 1 is 1.04 bits per heavy atom. The predicted octanol–water partition coefficient (Wildman–Crippen LogP) is 3.41. The number of thioether (sulfide) groups is 1. The van der Waals surface area contributed by atoms with Gasteiger partial charge in [0.2, 0.25) is 0 Å². The maximum Gasteiger partial charge on any atom is 0.319 e. The topological polar surface area (TPSA) is 73.5 Å². The number of nitrogens with zero attached hydrogens (tertiary/aromatic N) is 1. The molecule has 0 saturated carbocycles. The minimum atomic E-state index is -0.273. The summed E-state index contributed by atoms with van der Waals surface area (Å²) >= 11 is 1.68. The zero-order valence-corrected chi connectivity index (χ0v) is 17.4. The first-order valence-corrected chi connectivity index (χ1v) is 10.3. The molecule has 2 aromatic carbocycles. The van der Waals surface area contributed by atoms with E-state index in [2.05, 4.69) is 22.9 Å². The number of hydrogen-bond acceptors (Lipinski definition) is 4. The monoisotopic (exact) mass is 400 g/mol. The smallest absolute Gasteiger partial charge is 0.319 e. The van der Waals surface area contributed by atoms with E-state index in [0.29, 0.717) is 18.7 Å². The summed E-state index contributed by atoms with van der Waals surface area (Å²) in [6.45, 7) is 3.79. The summed E-state index contributed by atoms with van der Waals surface area (Å²) in [4.78, 5) is 27.5. The number of rotatable bonds is 9. The minimum Gasteiger partial charge on any atom is -0.351 e. The molecule has 0 spiro atoms. The van der Waals surface area contributed by atoms with Crippen molar-refractivity contribution in [3.63, 3.8) is 0 Å². The van der Waals surface area contributed by atoms with Crippen LogP contribution in [-0.4, -0.2) is 49.8 Å². The molecule has 7 heteroatoms. The molecular formula is C21H28N4O2S. The summed E-state index contributed by atoms with van der Waals surface area (Å²) < 4.78 is 0. The molecule has 6 nitrogen and oxygen atoms in total. The Balaban J connectivity index is 1.89. The molecule has 2 rings (SSSR count). The number of anilines is 1. The second-order valence-corrected chi connectivity index (χ2v) is 7.80. The molecule has 150 valence electrons. The average Bonchev–Trinajstić information content (AvgIpc) is 2.68. The summed E-state index contributed by atoms with van der Waals surface area (Å²) in [5, 5.41) is 8.62. The van der Waals surface area contributed by atoms with E-state index in [1.807, 2.05) is 55.4 Å². The zero-order valence-electron chi connectivity index (χ0n) is 16.6. The third-order valence-electron chi connectivity index (χ3n) is 3.92. The Morgan fingerprint density at radius 2 is 1.82 bits per heavy atom. The summed E-state index contributed by atoms with van der Waals surface area (Å²) in [6.07, 6.45) is 0. The van der Waals surface area contributed by atoms with Crippen molar-refractivity contribution in [3.05, 3.63) is 59.7 Å². The lowest BCUT2D eigenvalue weighted by Gasteiger charge is -2.12. The molecular weight excluding hydrogens is 372 g/mol. The molecule has 0 radical (unpaired) electrons. The molecule has 3 N–H and O–H groups in total. The number of carbonyl (C=O) groups is 2. The summed E-state index contributed by atoms with van der Waals surface area (Å²) in [7, 11) is 3.92. The van der Waals surface area contributed by atoms with Crippen LogP contribution in [0.5, 0.6) is 0 Å². The molecule has 0 fully saturated rings. The first kappa shape index (κ1) is 21.8. The van der Waals surface area contributed by atoms with Crippen LogP contribution in [-0.2, 0) is 6.54 Å². The van der Waals surface area contributed by atoms with Gasteiger partial charge in [-0.05, 0) is 49.7 Å². The van der Waals surface area contributed by atoms with Gasteiger partial charge in [0.25, 0.3) is 5.91 Å². The molecule has 0 aliphatic rings. The Bertz CT molecular complexity index is 795. The normalized spacial score (nSPS) is 10.6. The highest BCUT2D eigenvalue weighted by Gasteiger charge is 2.08. The molecule has 28 heavy (non-hydrogen) atoms. The molecule has 0 unspecified atom stereocenters. The van der Waals surface area contributed by atoms with Gasteiger partial charge in [-0.1, -0.05) is 31.2 Å². The van der Waals surface area contributed by atoms with Crippen LogP contribution < -0.4 is 16.0 Å². The Labute approximate surface area is 171 Å². The van der Waals surface area contributed by atoms with Crippen LogP contribution in [0.1, 0.15) is 22.8 Å². The van der Waals surface area contributed by atoms with Crippen LogP contribution in [0.4, 0.5) is 10.5 Å². The third-order valence-corrected chi connectivity index (χ3v) is 4.88. The standard InChI is InChI=1S/C21H28N4O2S/c1-4-28-19-11-6-5-10-18(19)24-21(27)23-15-16-8-7-9-17(14-16)20(26)22-12-13-25(2)3/h5-11,14H,4,12-13,15H2,1-3H3,(H,22,26)(H2,23,24,27). The zero-order chi connectivity index (χ0) is 20.4. The van der Waals surface area contributed by atoms with Crippen LogP contribution in [0, 0.1) is 0 Å². The van der Waals surface area contributed by atoms with Gasteiger partial charge in [-0.25, -0.2) is 4.79 Å². The van der Waals surface area contributed by atoms with Crippen molar-refractivity contribution in [3.8, 4) is 0 Å². The summed E-state index contributed by atoms with van der Waals surface area (Å²) in [5.41, 5.74) is 2.25. The number of carbonyl (C=O) groups excluding carboxylic acids is 2. The van der Waals surface area contributed by atoms with Gasteiger partial charge in [0, 0.05) is 30.1 Å². The van der Waals surface area contributed by atoms with Crippen LogP contribution in [0.15, 0.2) is 53.4 Å². The van der Waals surface area contributed by atoms with Crippen LogP contribution in [0.2, 0.25) is 0 Å². The van der Waals surface area contributed by atoms with Gasteiger partial charge in [-0.15, -0.1) is 11.8 Å². The highest BCUT2D eigenvalue weighted by atomic mass is 32.2. The Kier molecular flexibility index (Phi) is 8.84. The lowest BCUT2D eigenvalue weighted by molar-refractivity contribution is 0.0951. The fraction of sp³-hybridized carbons (Fsp3) is 0.333. The van der Waals surface area contributed by atoms with Gasteiger partial charge in [-0.2, -0.15) is 0 Å². The second kappa shape index (κ2) is 11.4. The maximum absolute atomic E-state index is 12.3. The van der Waals surface area contributed by atoms with E-state index < -0.39 is 0 Å². The molecule has 0 aromatic heterocycles. The van der Waals surface area contributed by atoms with Gasteiger partial charge >= 0.3 is 6.03 Å². The molecule has 3 amide bonds. The number of benzene rings is 2. The summed E-state index contributed by atoms with van der Waals surface area (Å²) in [6, 6.07) is 14.7. The van der Waals surface area contributed by atoms with Crippen molar-refractivity contribution in [1.82, 2.24) is 15.5 Å². The summed E-state index contributed by atoms with van der Waals surface area (Å²) in [5.74, 6) is 0.822. The SMILES string of the molecule is CCSc1ccccc1NC(=O)NCc1cccc(C(=O)NCCN(C)C)c1. The molecule has 0 bridgehead atoms. The first-order valence-electron chi connectivity index (χ1n) is 9.28. The van der Waals surface area contributed by atoms with Gasteiger partial charge < -0.3 is 20.9 Å². The molecule has 0 heterocycles. The number of likely N-dealkylation sites (N-methyl/N-ethyl adjacent to an activating group) is 1. The fourth-order valence-corrected chi connectivity index (χ4v) is 3.28. The highest BCUT2D eigenvalue weighted by molar-refractivity contribution is 7.99. The van der Waals surface area contributed by atoms with Crippen LogP contribution in [0.25, 0.3) is 0 Å². The Morgan fingerprint density at radius 3 is 2.57 bits per heavy atom. The second-order valence-electron chi connectivity index (χ2n) is 6.50. The largest absolute Gasteiger partial charge is 0.351 e. The number of para-hydroxylation sites is 1. The lowest BCUT2D eigenvalue weighted by Crippen LogP contribution is -2.31. The van der Waals surface area contributed by atoms with E-state index >= 15 is 0 Å². The molecule has 0 aliphatic heterocycles. The van der Waals surface area contributed by atoms with E-state index in [1.165, 1.54) is 0 Å². The van der Waals surface area contributed by atoms with Gasteiger partial charge in [0.15, 0.2) is 0 Å². The quantitative estimate of drug-likeness (QED) is 0.564. The fourth-order valence-electron chi connectivity index (χ4n) is 2.52. The third kappa shape index (κ3) is 7.25. The van der Waals surface area contributed by atoms with E-state index in [9.17, 15) is 9.59 Å². The van der Waals surface area contributed by atoms with Gasteiger partial charge in [0.05, 0.1) is 5.69 Å². The van der Waals surface area contributed by atoms with Gasteiger partial charge in [-0.3, -0.25) is 4.79 Å². The molecule has 0 saturated heterocycles. The molecule has 0 aliphatic carbocycles. The number of hydrogen-bond donors (Lipinski definition) is 3. The number of nitrogens with one attached hydrogen (secondary N) is 3. The van der Waals surface area contributed by atoms with Crippen molar-refractivity contribution < 1.29 is 9.59 Å². The van der Waals surface area contributed by atoms with Crippen LogP contribution in [0.3, 0.4) is 0 Å². The number of urea groups is 1. The van der Waals surface area contributed by atoms with E-state index in [0.717, 1.165) is 28.4 Å². The van der Waals surface area contributed by atoms with E-state index in [1.54, 1.807) is 23.9 Å².